The zero-order chi connectivity index (χ0) is 19.7. The van der Waals surface area contributed by atoms with Gasteiger partial charge in [-0.15, -0.1) is 0 Å². The van der Waals surface area contributed by atoms with E-state index in [0.29, 0.717) is 16.3 Å². The molecule has 0 spiro atoms. The predicted octanol–water partition coefficient (Wildman–Crippen LogP) is 5.72. The largest absolute Gasteiger partial charge is 0.479 e. The van der Waals surface area contributed by atoms with Gasteiger partial charge in [0.05, 0.1) is 11.6 Å². The lowest BCUT2D eigenvalue weighted by Gasteiger charge is -2.23. The number of carboxylic acid groups (broad SMARTS) is 1. The minimum absolute atomic E-state index is 0.245. The zero-order valence-corrected chi connectivity index (χ0v) is 16.5. The number of aromatic nitrogens is 1. The molecule has 0 aliphatic carbocycles. The summed E-state index contributed by atoms with van der Waals surface area (Å²) in [6, 6.07) is 13.4. The third-order valence-corrected chi connectivity index (χ3v) is 4.72. The molecule has 27 heavy (non-hydrogen) atoms. The van der Waals surface area contributed by atoms with Crippen molar-refractivity contribution in [1.29, 1.82) is 0 Å². The van der Waals surface area contributed by atoms with Crippen LogP contribution < -0.4 is 0 Å². The SMILES string of the molecule is Cc1ccccc1-c1c(C(OC(C)C)C(=O)O)c(C)nc2ccc(Cl)cc12. The van der Waals surface area contributed by atoms with Gasteiger partial charge in [-0.2, -0.15) is 0 Å². The number of fused-ring (bicyclic) bond motifs is 1. The highest BCUT2D eigenvalue weighted by atomic mass is 35.5. The van der Waals surface area contributed by atoms with E-state index in [1.54, 1.807) is 6.07 Å². The summed E-state index contributed by atoms with van der Waals surface area (Å²) in [7, 11) is 0. The van der Waals surface area contributed by atoms with Gasteiger partial charge in [-0.25, -0.2) is 4.79 Å². The standard InChI is InChI=1S/C22H22ClNO3/c1-12(2)27-21(22(25)26)19-14(4)24-18-10-9-15(23)11-17(18)20(19)16-8-6-5-7-13(16)3/h5-12,21H,1-4H3,(H,25,26). The first-order valence-electron chi connectivity index (χ1n) is 8.83. The van der Waals surface area contributed by atoms with Crippen molar-refractivity contribution in [2.75, 3.05) is 0 Å². The molecule has 140 valence electrons. The predicted molar refractivity (Wildman–Crippen MR) is 108 cm³/mol. The average molecular weight is 384 g/mol. The molecule has 3 rings (SSSR count). The summed E-state index contributed by atoms with van der Waals surface area (Å²) >= 11 is 6.26. The Morgan fingerprint density at radius 2 is 1.85 bits per heavy atom. The van der Waals surface area contributed by atoms with Crippen molar-refractivity contribution >= 4 is 28.5 Å². The Labute approximate surface area is 163 Å². The molecule has 0 saturated heterocycles. The molecular formula is C22H22ClNO3. The van der Waals surface area contributed by atoms with Crippen LogP contribution in [0.15, 0.2) is 42.5 Å². The fourth-order valence-electron chi connectivity index (χ4n) is 3.36. The number of pyridine rings is 1. The van der Waals surface area contributed by atoms with E-state index in [0.717, 1.165) is 27.6 Å². The molecule has 3 aromatic rings. The smallest absolute Gasteiger partial charge is 0.337 e. The molecule has 0 aliphatic rings. The van der Waals surface area contributed by atoms with E-state index in [1.165, 1.54) is 0 Å². The van der Waals surface area contributed by atoms with E-state index >= 15 is 0 Å². The summed E-state index contributed by atoms with van der Waals surface area (Å²) in [5.74, 6) is -1.04. The Morgan fingerprint density at radius 3 is 2.48 bits per heavy atom. The average Bonchev–Trinajstić information content (AvgIpc) is 2.60. The maximum Gasteiger partial charge on any atom is 0.337 e. The summed E-state index contributed by atoms with van der Waals surface area (Å²) in [5, 5.41) is 11.3. The zero-order valence-electron chi connectivity index (χ0n) is 15.8. The van der Waals surface area contributed by atoms with E-state index in [-0.39, 0.29) is 6.10 Å². The number of ether oxygens (including phenoxy) is 1. The number of hydrogen-bond acceptors (Lipinski definition) is 3. The number of hydrogen-bond donors (Lipinski definition) is 1. The van der Waals surface area contributed by atoms with Gasteiger partial charge in [0.25, 0.3) is 0 Å². The lowest BCUT2D eigenvalue weighted by atomic mass is 9.89. The molecule has 1 N–H and O–H groups in total. The summed E-state index contributed by atoms with van der Waals surface area (Å²) in [4.78, 5) is 16.7. The van der Waals surface area contributed by atoms with Gasteiger partial charge in [0, 0.05) is 21.7 Å². The van der Waals surface area contributed by atoms with Crippen LogP contribution in [0.4, 0.5) is 0 Å². The molecule has 2 aromatic carbocycles. The van der Waals surface area contributed by atoms with Gasteiger partial charge >= 0.3 is 5.97 Å². The van der Waals surface area contributed by atoms with E-state index < -0.39 is 12.1 Å². The van der Waals surface area contributed by atoms with Crippen LogP contribution in [-0.4, -0.2) is 22.2 Å². The molecule has 0 radical (unpaired) electrons. The van der Waals surface area contributed by atoms with Gasteiger partial charge in [-0.05, 0) is 62.6 Å². The summed E-state index contributed by atoms with van der Waals surface area (Å²) < 4.78 is 5.79. The Balaban J connectivity index is 2.45. The van der Waals surface area contributed by atoms with Gasteiger partial charge in [0.2, 0.25) is 0 Å². The van der Waals surface area contributed by atoms with E-state index in [2.05, 4.69) is 4.98 Å². The Kier molecular flexibility index (Phi) is 5.49. The molecule has 1 atom stereocenters. The maximum atomic E-state index is 12.1. The second-order valence-corrected chi connectivity index (χ2v) is 7.30. The quantitative estimate of drug-likeness (QED) is 0.611. The van der Waals surface area contributed by atoms with Crippen molar-refractivity contribution in [3.05, 3.63) is 64.3 Å². The Bertz CT molecular complexity index is 1010. The molecule has 0 bridgehead atoms. The third-order valence-electron chi connectivity index (χ3n) is 4.48. The van der Waals surface area contributed by atoms with E-state index in [4.69, 9.17) is 16.3 Å². The van der Waals surface area contributed by atoms with Crippen LogP contribution in [0.3, 0.4) is 0 Å². The van der Waals surface area contributed by atoms with Gasteiger partial charge in [-0.1, -0.05) is 35.9 Å². The third kappa shape index (κ3) is 3.82. The van der Waals surface area contributed by atoms with Crippen LogP contribution >= 0.6 is 11.6 Å². The number of carbonyl (C=O) groups is 1. The Hall–Kier alpha value is -2.43. The number of nitrogens with zero attached hydrogens (tertiary/aromatic N) is 1. The normalized spacial score (nSPS) is 12.5. The van der Waals surface area contributed by atoms with Crippen LogP contribution in [0.1, 0.15) is 36.8 Å². The molecule has 1 unspecified atom stereocenters. The van der Waals surface area contributed by atoms with Crippen LogP contribution in [0.5, 0.6) is 0 Å². The van der Waals surface area contributed by atoms with Gasteiger partial charge in [-0.3, -0.25) is 4.98 Å². The fourth-order valence-corrected chi connectivity index (χ4v) is 3.53. The maximum absolute atomic E-state index is 12.1. The van der Waals surface area contributed by atoms with Gasteiger partial charge < -0.3 is 9.84 Å². The molecule has 1 heterocycles. The van der Waals surface area contributed by atoms with Crippen molar-refractivity contribution in [2.24, 2.45) is 0 Å². The lowest BCUT2D eigenvalue weighted by molar-refractivity contribution is -0.153. The lowest BCUT2D eigenvalue weighted by Crippen LogP contribution is -2.21. The number of benzene rings is 2. The van der Waals surface area contributed by atoms with Crippen molar-refractivity contribution in [1.82, 2.24) is 4.98 Å². The van der Waals surface area contributed by atoms with E-state index in [1.807, 2.05) is 64.1 Å². The van der Waals surface area contributed by atoms with Crippen molar-refractivity contribution < 1.29 is 14.6 Å². The van der Waals surface area contributed by atoms with Gasteiger partial charge in [0.1, 0.15) is 0 Å². The Morgan fingerprint density at radius 1 is 1.15 bits per heavy atom. The number of halogens is 1. The molecule has 4 nitrogen and oxygen atoms in total. The first-order valence-corrected chi connectivity index (χ1v) is 9.21. The van der Waals surface area contributed by atoms with Crippen LogP contribution in [0, 0.1) is 13.8 Å². The van der Waals surface area contributed by atoms with Crippen LogP contribution in [-0.2, 0) is 9.53 Å². The van der Waals surface area contributed by atoms with Crippen molar-refractivity contribution in [3.63, 3.8) is 0 Å². The molecule has 0 aliphatic heterocycles. The first-order chi connectivity index (χ1) is 12.8. The van der Waals surface area contributed by atoms with Crippen molar-refractivity contribution in [2.45, 2.75) is 39.9 Å². The summed E-state index contributed by atoms with van der Waals surface area (Å²) in [5.41, 5.74) is 4.78. The molecule has 0 fully saturated rings. The highest BCUT2D eigenvalue weighted by Crippen LogP contribution is 2.40. The van der Waals surface area contributed by atoms with Crippen LogP contribution in [0.25, 0.3) is 22.0 Å². The first kappa shape index (κ1) is 19.3. The summed E-state index contributed by atoms with van der Waals surface area (Å²) in [6.45, 7) is 7.48. The van der Waals surface area contributed by atoms with Crippen LogP contribution in [0.2, 0.25) is 5.02 Å². The number of carboxylic acids is 1. The minimum atomic E-state index is -1.12. The molecule has 0 amide bonds. The van der Waals surface area contributed by atoms with Crippen molar-refractivity contribution in [3.8, 4) is 11.1 Å². The molecule has 5 heteroatoms. The highest BCUT2D eigenvalue weighted by Gasteiger charge is 2.29. The topological polar surface area (TPSA) is 59.4 Å². The highest BCUT2D eigenvalue weighted by molar-refractivity contribution is 6.31. The minimum Gasteiger partial charge on any atom is -0.479 e. The fraction of sp³-hybridized carbons (Fsp3) is 0.273. The summed E-state index contributed by atoms with van der Waals surface area (Å²) in [6.07, 6.45) is -1.36. The second-order valence-electron chi connectivity index (χ2n) is 6.87. The number of rotatable bonds is 5. The second kappa shape index (κ2) is 7.67. The molecular weight excluding hydrogens is 362 g/mol. The molecule has 0 saturated carbocycles. The van der Waals surface area contributed by atoms with E-state index in [9.17, 15) is 9.90 Å². The number of aliphatic carboxylic acids is 1. The monoisotopic (exact) mass is 383 g/mol. The van der Waals surface area contributed by atoms with Gasteiger partial charge in [0.15, 0.2) is 6.10 Å². The number of aryl methyl sites for hydroxylation is 2. The molecule has 1 aromatic heterocycles.